The molecule has 0 aliphatic heterocycles. The molecule has 1 atom stereocenters. The van der Waals surface area contributed by atoms with Crippen LogP contribution in [0, 0.1) is 11.8 Å². The highest BCUT2D eigenvalue weighted by Crippen LogP contribution is 2.36. The molecule has 1 aromatic carbocycles. The predicted octanol–water partition coefficient (Wildman–Crippen LogP) is 4.53. The van der Waals surface area contributed by atoms with Crippen LogP contribution in [-0.2, 0) is 6.18 Å². The van der Waals surface area contributed by atoms with E-state index in [2.05, 4.69) is 33.1 Å². The second-order valence-corrected chi connectivity index (χ2v) is 4.90. The monoisotopic (exact) mass is 333 g/mol. The van der Waals surface area contributed by atoms with Crippen LogP contribution < -0.4 is 5.32 Å². The lowest BCUT2D eigenvalue weighted by molar-refractivity contribution is -0.138. The average Bonchev–Trinajstić information content (AvgIpc) is 2.34. The van der Waals surface area contributed by atoms with Crippen molar-refractivity contribution in [3.8, 4) is 11.8 Å². The number of halogens is 4. The summed E-state index contributed by atoms with van der Waals surface area (Å²) in [6.07, 6.45) is -3.02. The molecule has 1 N–H and O–H groups in total. The Kier molecular flexibility index (Phi) is 5.89. The van der Waals surface area contributed by atoms with E-state index in [0.717, 1.165) is 0 Å². The average molecular weight is 334 g/mol. The fraction of sp³-hybridized carbons (Fsp3) is 0.429. The van der Waals surface area contributed by atoms with Gasteiger partial charge < -0.3 is 5.32 Å². The molecular formula is C14H15BrF3N. The standard InChI is InChI=1S/C14H15BrF3N/c1-3-4-5-6-13(19-2)10-7-8-12(15)11(9-10)14(16,17)18/h7-9,13,19H,5-6H2,1-2H3. The first-order valence-corrected chi connectivity index (χ1v) is 6.63. The third-order valence-corrected chi connectivity index (χ3v) is 3.47. The molecule has 0 radical (unpaired) electrons. The molecule has 0 amide bonds. The molecule has 5 heteroatoms. The van der Waals surface area contributed by atoms with Gasteiger partial charge in [0.1, 0.15) is 0 Å². The number of nitrogens with one attached hydrogen (secondary N) is 1. The Balaban J connectivity index is 3.01. The summed E-state index contributed by atoms with van der Waals surface area (Å²) < 4.78 is 38.6. The van der Waals surface area contributed by atoms with Gasteiger partial charge in [0.05, 0.1) is 5.56 Å². The van der Waals surface area contributed by atoms with E-state index < -0.39 is 11.7 Å². The lowest BCUT2D eigenvalue weighted by Gasteiger charge is -2.18. The van der Waals surface area contributed by atoms with Crippen molar-refractivity contribution >= 4 is 15.9 Å². The maximum atomic E-state index is 12.8. The Bertz CT molecular complexity index is 486. The van der Waals surface area contributed by atoms with Gasteiger partial charge >= 0.3 is 6.18 Å². The molecule has 1 aromatic rings. The third-order valence-electron chi connectivity index (χ3n) is 2.78. The molecular weight excluding hydrogens is 319 g/mol. The molecule has 0 saturated carbocycles. The first-order valence-electron chi connectivity index (χ1n) is 5.83. The summed E-state index contributed by atoms with van der Waals surface area (Å²) in [5.74, 6) is 5.70. The number of alkyl halides is 3. The Morgan fingerprint density at radius 1 is 1.37 bits per heavy atom. The fourth-order valence-electron chi connectivity index (χ4n) is 1.80. The third kappa shape index (κ3) is 4.55. The summed E-state index contributed by atoms with van der Waals surface area (Å²) in [5, 5.41) is 3.02. The first-order chi connectivity index (χ1) is 8.90. The van der Waals surface area contributed by atoms with Crippen LogP contribution in [0.4, 0.5) is 13.2 Å². The van der Waals surface area contributed by atoms with E-state index >= 15 is 0 Å². The second-order valence-electron chi connectivity index (χ2n) is 4.04. The van der Waals surface area contributed by atoms with Crippen LogP contribution in [0.3, 0.4) is 0 Å². The summed E-state index contributed by atoms with van der Waals surface area (Å²) in [6.45, 7) is 1.75. The van der Waals surface area contributed by atoms with Crippen LogP contribution in [0.15, 0.2) is 22.7 Å². The van der Waals surface area contributed by atoms with Crippen LogP contribution in [0.1, 0.15) is 36.9 Å². The maximum absolute atomic E-state index is 12.8. The van der Waals surface area contributed by atoms with Gasteiger partial charge in [0, 0.05) is 16.9 Å². The predicted molar refractivity (Wildman–Crippen MR) is 73.6 cm³/mol. The van der Waals surface area contributed by atoms with Crippen LogP contribution in [0.25, 0.3) is 0 Å². The smallest absolute Gasteiger partial charge is 0.313 e. The minimum absolute atomic E-state index is 0.0620. The van der Waals surface area contributed by atoms with Gasteiger partial charge in [-0.25, -0.2) is 0 Å². The zero-order valence-corrected chi connectivity index (χ0v) is 12.3. The van der Waals surface area contributed by atoms with Gasteiger partial charge in [-0.2, -0.15) is 13.2 Å². The molecule has 104 valence electrons. The lowest BCUT2D eigenvalue weighted by atomic mass is 10.00. The maximum Gasteiger partial charge on any atom is 0.417 e. The minimum Gasteiger partial charge on any atom is -0.313 e. The molecule has 19 heavy (non-hydrogen) atoms. The van der Waals surface area contributed by atoms with Crippen LogP contribution in [-0.4, -0.2) is 7.05 Å². The molecule has 0 spiro atoms. The van der Waals surface area contributed by atoms with E-state index in [1.807, 2.05) is 0 Å². The highest BCUT2D eigenvalue weighted by Gasteiger charge is 2.33. The quantitative estimate of drug-likeness (QED) is 0.798. The highest BCUT2D eigenvalue weighted by atomic mass is 79.9. The van der Waals surface area contributed by atoms with E-state index in [4.69, 9.17) is 0 Å². The van der Waals surface area contributed by atoms with Crippen molar-refractivity contribution in [2.75, 3.05) is 7.05 Å². The molecule has 1 unspecified atom stereocenters. The SMILES string of the molecule is CC#CCCC(NC)c1ccc(Br)c(C(F)(F)F)c1. The van der Waals surface area contributed by atoms with E-state index in [1.54, 1.807) is 20.0 Å². The van der Waals surface area contributed by atoms with E-state index in [0.29, 0.717) is 18.4 Å². The topological polar surface area (TPSA) is 12.0 Å². The van der Waals surface area contributed by atoms with Crippen molar-refractivity contribution in [3.05, 3.63) is 33.8 Å². The molecule has 0 saturated heterocycles. The molecule has 0 heterocycles. The summed E-state index contributed by atoms with van der Waals surface area (Å²) in [6, 6.07) is 4.19. The molecule has 1 rings (SSSR count). The first kappa shape index (κ1) is 16.1. The number of hydrogen-bond acceptors (Lipinski definition) is 1. The van der Waals surface area contributed by atoms with Crippen molar-refractivity contribution in [2.45, 2.75) is 32.0 Å². The largest absolute Gasteiger partial charge is 0.417 e. The van der Waals surface area contributed by atoms with Gasteiger partial charge in [-0.1, -0.05) is 22.0 Å². The van der Waals surface area contributed by atoms with Crippen molar-refractivity contribution in [2.24, 2.45) is 0 Å². The van der Waals surface area contributed by atoms with Crippen LogP contribution >= 0.6 is 15.9 Å². The zero-order valence-electron chi connectivity index (χ0n) is 10.7. The fourth-order valence-corrected chi connectivity index (χ4v) is 2.27. The van der Waals surface area contributed by atoms with E-state index in [-0.39, 0.29) is 10.5 Å². The molecule has 0 aliphatic carbocycles. The number of hydrogen-bond donors (Lipinski definition) is 1. The molecule has 0 aromatic heterocycles. The van der Waals surface area contributed by atoms with Gasteiger partial charge in [0.25, 0.3) is 0 Å². The van der Waals surface area contributed by atoms with Crippen LogP contribution in [0.5, 0.6) is 0 Å². The Morgan fingerprint density at radius 3 is 2.58 bits per heavy atom. The molecule has 0 bridgehead atoms. The Hall–Kier alpha value is -0.990. The second kappa shape index (κ2) is 6.97. The normalized spacial score (nSPS) is 12.7. The summed E-state index contributed by atoms with van der Waals surface area (Å²) in [4.78, 5) is 0. The van der Waals surface area contributed by atoms with Crippen molar-refractivity contribution < 1.29 is 13.2 Å². The Morgan fingerprint density at radius 2 is 2.05 bits per heavy atom. The molecule has 0 fully saturated rings. The molecule has 1 nitrogen and oxygen atoms in total. The molecule has 0 aliphatic rings. The van der Waals surface area contributed by atoms with Gasteiger partial charge in [-0.3, -0.25) is 0 Å². The highest BCUT2D eigenvalue weighted by molar-refractivity contribution is 9.10. The van der Waals surface area contributed by atoms with Gasteiger partial charge in [0.15, 0.2) is 0 Å². The van der Waals surface area contributed by atoms with Crippen molar-refractivity contribution in [1.29, 1.82) is 0 Å². The minimum atomic E-state index is -4.35. The van der Waals surface area contributed by atoms with Crippen molar-refractivity contribution in [1.82, 2.24) is 5.32 Å². The van der Waals surface area contributed by atoms with Gasteiger partial charge in [-0.15, -0.1) is 11.8 Å². The van der Waals surface area contributed by atoms with E-state index in [9.17, 15) is 13.2 Å². The summed E-state index contributed by atoms with van der Waals surface area (Å²) >= 11 is 2.94. The van der Waals surface area contributed by atoms with Crippen LogP contribution in [0.2, 0.25) is 0 Å². The van der Waals surface area contributed by atoms with Gasteiger partial charge in [-0.05, 0) is 38.1 Å². The number of benzene rings is 1. The summed E-state index contributed by atoms with van der Waals surface area (Å²) in [5.41, 5.74) is -0.0252. The summed E-state index contributed by atoms with van der Waals surface area (Å²) in [7, 11) is 1.74. The zero-order chi connectivity index (χ0) is 14.5. The van der Waals surface area contributed by atoms with Gasteiger partial charge in [0.2, 0.25) is 0 Å². The Labute approximate surface area is 119 Å². The number of rotatable bonds is 4. The van der Waals surface area contributed by atoms with E-state index in [1.165, 1.54) is 12.1 Å². The van der Waals surface area contributed by atoms with Crippen molar-refractivity contribution in [3.63, 3.8) is 0 Å². The lowest BCUT2D eigenvalue weighted by Crippen LogP contribution is -2.17.